The molecular formula is C14H16FN3O. The molecule has 2 aromatic rings. The molecule has 0 aliphatic carbocycles. The van der Waals surface area contributed by atoms with Gasteiger partial charge in [0.05, 0.1) is 12.3 Å². The number of methoxy groups -OCH3 is 1. The van der Waals surface area contributed by atoms with E-state index in [1.54, 1.807) is 19.2 Å². The third-order valence-corrected chi connectivity index (χ3v) is 2.53. The maximum absolute atomic E-state index is 12.9. The summed E-state index contributed by atoms with van der Waals surface area (Å²) < 4.78 is 18.0. The van der Waals surface area contributed by atoms with Gasteiger partial charge in [0.1, 0.15) is 11.6 Å². The summed E-state index contributed by atoms with van der Waals surface area (Å²) in [6.07, 6.45) is 0. The van der Waals surface area contributed by atoms with Crippen molar-refractivity contribution in [3.05, 3.63) is 41.8 Å². The Hall–Kier alpha value is -2.01. The van der Waals surface area contributed by atoms with Gasteiger partial charge in [0, 0.05) is 25.3 Å². The third-order valence-electron chi connectivity index (χ3n) is 2.53. The molecule has 2 rings (SSSR count). The summed E-state index contributed by atoms with van der Waals surface area (Å²) in [4.78, 5) is 8.81. The van der Waals surface area contributed by atoms with E-state index >= 15 is 0 Å². The second-order valence-electron chi connectivity index (χ2n) is 4.04. The van der Waals surface area contributed by atoms with Crippen molar-refractivity contribution in [1.82, 2.24) is 9.97 Å². The van der Waals surface area contributed by atoms with Crippen LogP contribution in [-0.2, 0) is 11.3 Å². The molecule has 0 aliphatic heterocycles. The van der Waals surface area contributed by atoms with Crippen LogP contribution in [0, 0.1) is 5.82 Å². The fourth-order valence-electron chi connectivity index (χ4n) is 1.72. The molecule has 1 heterocycles. The number of benzene rings is 1. The number of aromatic nitrogens is 2. The molecule has 0 saturated heterocycles. The van der Waals surface area contributed by atoms with Crippen molar-refractivity contribution in [2.75, 3.05) is 19.0 Å². The topological polar surface area (TPSA) is 47.0 Å². The molecule has 1 aromatic carbocycles. The largest absolute Gasteiger partial charge is 0.378 e. The van der Waals surface area contributed by atoms with E-state index in [9.17, 15) is 4.39 Å². The van der Waals surface area contributed by atoms with Gasteiger partial charge in [-0.1, -0.05) is 0 Å². The quantitative estimate of drug-likeness (QED) is 0.899. The van der Waals surface area contributed by atoms with Gasteiger partial charge in [-0.05, 0) is 31.2 Å². The molecule has 1 N–H and O–H groups in total. The minimum atomic E-state index is -0.274. The van der Waals surface area contributed by atoms with E-state index in [1.807, 2.05) is 13.0 Å². The summed E-state index contributed by atoms with van der Waals surface area (Å²) in [6, 6.07) is 7.97. The predicted octanol–water partition coefficient (Wildman–Crippen LogP) is 2.86. The van der Waals surface area contributed by atoms with Crippen LogP contribution < -0.4 is 5.32 Å². The molecule has 0 aliphatic rings. The number of nitrogens with zero attached hydrogens (tertiary/aromatic N) is 2. The molecule has 0 bridgehead atoms. The number of ether oxygens (including phenoxy) is 1. The van der Waals surface area contributed by atoms with Crippen molar-refractivity contribution in [3.63, 3.8) is 0 Å². The van der Waals surface area contributed by atoms with E-state index in [1.165, 1.54) is 12.1 Å². The molecule has 19 heavy (non-hydrogen) atoms. The average Bonchev–Trinajstić information content (AvgIpc) is 2.40. The first-order chi connectivity index (χ1) is 9.22. The van der Waals surface area contributed by atoms with E-state index in [0.717, 1.165) is 23.6 Å². The zero-order valence-corrected chi connectivity index (χ0v) is 11.0. The van der Waals surface area contributed by atoms with E-state index in [2.05, 4.69) is 15.3 Å². The summed E-state index contributed by atoms with van der Waals surface area (Å²) >= 11 is 0. The molecule has 0 unspecified atom stereocenters. The fourth-order valence-corrected chi connectivity index (χ4v) is 1.72. The third kappa shape index (κ3) is 3.48. The van der Waals surface area contributed by atoms with Gasteiger partial charge in [-0.25, -0.2) is 14.4 Å². The summed E-state index contributed by atoms with van der Waals surface area (Å²) in [7, 11) is 1.62. The lowest BCUT2D eigenvalue weighted by atomic mass is 10.2. The van der Waals surface area contributed by atoms with E-state index in [4.69, 9.17) is 4.74 Å². The lowest BCUT2D eigenvalue weighted by Crippen LogP contribution is -2.04. The molecule has 0 radical (unpaired) electrons. The molecule has 4 nitrogen and oxygen atoms in total. The second kappa shape index (κ2) is 6.24. The van der Waals surface area contributed by atoms with Crippen LogP contribution in [0.25, 0.3) is 11.4 Å². The SMILES string of the molecule is CCNc1cc(COC)nc(-c2ccc(F)cc2)n1. The summed E-state index contributed by atoms with van der Waals surface area (Å²) in [6.45, 7) is 3.18. The normalized spacial score (nSPS) is 10.5. The van der Waals surface area contributed by atoms with Crippen molar-refractivity contribution in [1.29, 1.82) is 0 Å². The molecule has 0 atom stereocenters. The molecule has 1 aromatic heterocycles. The van der Waals surface area contributed by atoms with Crippen molar-refractivity contribution < 1.29 is 9.13 Å². The fraction of sp³-hybridized carbons (Fsp3) is 0.286. The standard InChI is InChI=1S/C14H16FN3O/c1-3-16-13-8-12(9-19-2)17-14(18-13)10-4-6-11(15)7-5-10/h4-8H,3,9H2,1-2H3,(H,16,17,18). The average molecular weight is 261 g/mol. The van der Waals surface area contributed by atoms with Gasteiger partial charge in [-0.2, -0.15) is 0 Å². The van der Waals surface area contributed by atoms with Gasteiger partial charge in [0.2, 0.25) is 0 Å². The van der Waals surface area contributed by atoms with E-state index in [-0.39, 0.29) is 5.82 Å². The van der Waals surface area contributed by atoms with E-state index in [0.29, 0.717) is 12.4 Å². The van der Waals surface area contributed by atoms with Gasteiger partial charge in [0.15, 0.2) is 5.82 Å². The van der Waals surface area contributed by atoms with Gasteiger partial charge >= 0.3 is 0 Å². The maximum Gasteiger partial charge on any atom is 0.161 e. The first-order valence-corrected chi connectivity index (χ1v) is 6.09. The lowest BCUT2D eigenvalue weighted by Gasteiger charge is -2.08. The minimum Gasteiger partial charge on any atom is -0.378 e. The van der Waals surface area contributed by atoms with Crippen molar-refractivity contribution in [3.8, 4) is 11.4 Å². The Kier molecular flexibility index (Phi) is 4.41. The Bertz CT molecular complexity index is 519. The van der Waals surface area contributed by atoms with Crippen molar-refractivity contribution in [2.45, 2.75) is 13.5 Å². The van der Waals surface area contributed by atoms with Crippen molar-refractivity contribution in [2.24, 2.45) is 0 Å². The molecule has 5 heteroatoms. The predicted molar refractivity (Wildman–Crippen MR) is 72.3 cm³/mol. The maximum atomic E-state index is 12.9. The number of nitrogens with one attached hydrogen (secondary N) is 1. The number of halogens is 1. The molecule has 0 saturated carbocycles. The van der Waals surface area contributed by atoms with E-state index < -0.39 is 0 Å². The number of hydrogen-bond acceptors (Lipinski definition) is 4. The van der Waals surface area contributed by atoms with Gasteiger partial charge in [-0.3, -0.25) is 0 Å². The minimum absolute atomic E-state index is 0.274. The zero-order chi connectivity index (χ0) is 13.7. The summed E-state index contributed by atoms with van der Waals surface area (Å²) in [5, 5.41) is 3.15. The van der Waals surface area contributed by atoms with Crippen LogP contribution in [0.15, 0.2) is 30.3 Å². The van der Waals surface area contributed by atoms with Crippen LogP contribution >= 0.6 is 0 Å². The Balaban J connectivity index is 2.40. The molecule has 0 spiro atoms. The highest BCUT2D eigenvalue weighted by atomic mass is 19.1. The lowest BCUT2D eigenvalue weighted by molar-refractivity contribution is 0.181. The highest BCUT2D eigenvalue weighted by molar-refractivity contribution is 5.57. The smallest absolute Gasteiger partial charge is 0.161 e. The molecule has 0 amide bonds. The Labute approximate surface area is 111 Å². The van der Waals surface area contributed by atoms with Gasteiger partial charge in [0.25, 0.3) is 0 Å². The number of rotatable bonds is 5. The Morgan fingerprint density at radius 1 is 1.21 bits per heavy atom. The van der Waals surface area contributed by atoms with Gasteiger partial charge < -0.3 is 10.1 Å². The number of anilines is 1. The zero-order valence-electron chi connectivity index (χ0n) is 11.0. The molecular weight excluding hydrogens is 245 g/mol. The van der Waals surface area contributed by atoms with Crippen LogP contribution in [0.1, 0.15) is 12.6 Å². The van der Waals surface area contributed by atoms with Crippen molar-refractivity contribution >= 4 is 5.82 Å². The van der Waals surface area contributed by atoms with Gasteiger partial charge in [-0.15, -0.1) is 0 Å². The number of hydrogen-bond donors (Lipinski definition) is 1. The first kappa shape index (κ1) is 13.4. The second-order valence-corrected chi connectivity index (χ2v) is 4.04. The first-order valence-electron chi connectivity index (χ1n) is 6.09. The van der Waals surface area contributed by atoms with Crippen LogP contribution in [0.5, 0.6) is 0 Å². The molecule has 100 valence electrons. The van der Waals surface area contributed by atoms with Crippen LogP contribution in [0.2, 0.25) is 0 Å². The summed E-state index contributed by atoms with van der Waals surface area (Å²) in [5.41, 5.74) is 1.56. The molecule has 0 fully saturated rings. The Morgan fingerprint density at radius 3 is 2.58 bits per heavy atom. The Morgan fingerprint density at radius 2 is 1.95 bits per heavy atom. The van der Waals surface area contributed by atoms with Crippen LogP contribution in [-0.4, -0.2) is 23.6 Å². The monoisotopic (exact) mass is 261 g/mol. The highest BCUT2D eigenvalue weighted by Crippen LogP contribution is 2.18. The highest BCUT2D eigenvalue weighted by Gasteiger charge is 2.07. The van der Waals surface area contributed by atoms with Crippen LogP contribution in [0.4, 0.5) is 10.2 Å². The van der Waals surface area contributed by atoms with Crippen LogP contribution in [0.3, 0.4) is 0 Å². The summed E-state index contributed by atoms with van der Waals surface area (Å²) in [5.74, 6) is 1.03.